The molecule has 0 saturated heterocycles. The summed E-state index contributed by atoms with van der Waals surface area (Å²) in [5.41, 5.74) is 5.22. The molecule has 5 heteroatoms. The highest BCUT2D eigenvalue weighted by molar-refractivity contribution is 5.88. The zero-order valence-corrected chi connectivity index (χ0v) is 14.9. The molecule has 0 aromatic carbocycles. The lowest BCUT2D eigenvalue weighted by molar-refractivity contribution is -0.129. The smallest absolute Gasteiger partial charge is 0.239 e. The maximum absolute atomic E-state index is 12.4. The van der Waals surface area contributed by atoms with Crippen molar-refractivity contribution < 1.29 is 9.59 Å². The summed E-state index contributed by atoms with van der Waals surface area (Å²) in [6.45, 7) is 10.0. The van der Waals surface area contributed by atoms with Gasteiger partial charge in [-0.05, 0) is 25.7 Å². The fraction of sp³-hybridized carbons (Fsp3) is 0.882. The second-order valence-electron chi connectivity index (χ2n) is 6.50. The van der Waals surface area contributed by atoms with Gasteiger partial charge in [0.25, 0.3) is 0 Å². The van der Waals surface area contributed by atoms with Crippen molar-refractivity contribution in [3.05, 3.63) is 0 Å². The number of carbonyl (C=O) groups excluding carboxylic acids is 2. The molecule has 0 aromatic rings. The molecular weight excluding hydrogens is 278 g/mol. The molecule has 0 bridgehead atoms. The van der Waals surface area contributed by atoms with Gasteiger partial charge in [0, 0.05) is 6.04 Å². The van der Waals surface area contributed by atoms with Gasteiger partial charge in [0.05, 0.1) is 6.04 Å². The van der Waals surface area contributed by atoms with Crippen molar-refractivity contribution in [3.63, 3.8) is 0 Å². The number of nitrogens with one attached hydrogen (secondary N) is 2. The molecule has 0 fully saturated rings. The highest BCUT2D eigenvalue weighted by Gasteiger charge is 2.26. The molecular formula is C17H35N3O2. The Balaban J connectivity index is 4.74. The Kier molecular flexibility index (Phi) is 10.9. The van der Waals surface area contributed by atoms with Crippen molar-refractivity contribution in [3.8, 4) is 0 Å². The van der Waals surface area contributed by atoms with Gasteiger partial charge in [0.1, 0.15) is 6.04 Å². The lowest BCUT2D eigenvalue weighted by Gasteiger charge is -2.28. The normalized spacial score (nSPS) is 14.1. The molecule has 2 amide bonds. The molecule has 0 aliphatic rings. The highest BCUT2D eigenvalue weighted by Crippen LogP contribution is 2.12. The third-order valence-electron chi connectivity index (χ3n) is 3.96. The molecule has 1 unspecified atom stereocenters. The molecule has 0 rings (SSSR count). The number of hydrogen-bond acceptors (Lipinski definition) is 3. The van der Waals surface area contributed by atoms with Crippen LogP contribution in [-0.4, -0.2) is 29.9 Å². The number of rotatable bonds is 12. The Morgan fingerprint density at radius 2 is 1.50 bits per heavy atom. The van der Waals surface area contributed by atoms with Crippen LogP contribution in [-0.2, 0) is 9.59 Å². The molecule has 130 valence electrons. The predicted octanol–water partition coefficient (Wildman–Crippen LogP) is 2.34. The van der Waals surface area contributed by atoms with Crippen molar-refractivity contribution in [1.29, 1.82) is 0 Å². The van der Waals surface area contributed by atoms with E-state index in [2.05, 4.69) is 24.5 Å². The molecule has 0 radical (unpaired) electrons. The average Bonchev–Trinajstić information content (AvgIpc) is 2.45. The minimum atomic E-state index is -0.639. The molecule has 2 atom stereocenters. The average molecular weight is 313 g/mol. The van der Waals surface area contributed by atoms with E-state index in [4.69, 9.17) is 5.73 Å². The van der Waals surface area contributed by atoms with Gasteiger partial charge in [-0.2, -0.15) is 0 Å². The van der Waals surface area contributed by atoms with E-state index in [-0.39, 0.29) is 17.9 Å². The Labute approximate surface area is 135 Å². The summed E-state index contributed by atoms with van der Waals surface area (Å²) in [5.74, 6) is -0.491. The molecule has 4 N–H and O–H groups in total. The van der Waals surface area contributed by atoms with Crippen molar-refractivity contribution in [2.75, 3.05) is 0 Å². The third-order valence-corrected chi connectivity index (χ3v) is 3.96. The van der Waals surface area contributed by atoms with E-state index in [0.717, 1.165) is 38.5 Å². The maximum atomic E-state index is 12.4. The Hall–Kier alpha value is -1.10. The van der Waals surface area contributed by atoms with Gasteiger partial charge in [-0.3, -0.25) is 9.59 Å². The molecule has 0 aromatic heterocycles. The van der Waals surface area contributed by atoms with E-state index in [1.165, 1.54) is 0 Å². The Morgan fingerprint density at radius 1 is 1.00 bits per heavy atom. The van der Waals surface area contributed by atoms with Gasteiger partial charge in [-0.25, -0.2) is 0 Å². The second kappa shape index (κ2) is 11.5. The minimum absolute atomic E-state index is 0.140. The van der Waals surface area contributed by atoms with Gasteiger partial charge < -0.3 is 16.4 Å². The molecule has 0 saturated carbocycles. The second-order valence-corrected chi connectivity index (χ2v) is 6.50. The van der Waals surface area contributed by atoms with Gasteiger partial charge in [0.15, 0.2) is 0 Å². The maximum Gasteiger partial charge on any atom is 0.239 e. The Bertz CT molecular complexity index is 324. The van der Waals surface area contributed by atoms with Gasteiger partial charge in [-0.15, -0.1) is 0 Å². The number of nitrogens with two attached hydrogens (primary N) is 1. The van der Waals surface area contributed by atoms with E-state index in [1.54, 1.807) is 6.92 Å². The first-order valence-corrected chi connectivity index (χ1v) is 8.69. The van der Waals surface area contributed by atoms with Gasteiger partial charge >= 0.3 is 0 Å². The largest absolute Gasteiger partial charge is 0.368 e. The topological polar surface area (TPSA) is 84.2 Å². The van der Waals surface area contributed by atoms with Crippen LogP contribution in [0, 0.1) is 5.92 Å². The summed E-state index contributed by atoms with van der Waals surface area (Å²) in [4.78, 5) is 23.5. The molecule has 22 heavy (non-hydrogen) atoms. The van der Waals surface area contributed by atoms with Crippen molar-refractivity contribution in [2.45, 2.75) is 91.3 Å². The first-order chi connectivity index (χ1) is 10.3. The molecule has 0 aliphatic carbocycles. The minimum Gasteiger partial charge on any atom is -0.368 e. The van der Waals surface area contributed by atoms with E-state index in [1.807, 2.05) is 13.8 Å². The molecule has 0 spiro atoms. The fourth-order valence-corrected chi connectivity index (χ4v) is 2.41. The van der Waals surface area contributed by atoms with Gasteiger partial charge in [0.2, 0.25) is 11.8 Å². The summed E-state index contributed by atoms with van der Waals surface area (Å²) in [5, 5.41) is 6.21. The SMILES string of the molecule is CCCCC(CCCC)NC(C(=O)N[C@@H](C)C(N)=O)C(C)C. The summed E-state index contributed by atoms with van der Waals surface area (Å²) in [6, 6.07) is -0.581. The summed E-state index contributed by atoms with van der Waals surface area (Å²) >= 11 is 0. The first-order valence-electron chi connectivity index (χ1n) is 8.69. The van der Waals surface area contributed by atoms with Crippen molar-refractivity contribution in [1.82, 2.24) is 10.6 Å². The third kappa shape index (κ3) is 8.37. The van der Waals surface area contributed by atoms with Crippen LogP contribution in [0.3, 0.4) is 0 Å². The fourth-order valence-electron chi connectivity index (χ4n) is 2.41. The number of primary amides is 1. The molecule has 0 heterocycles. The van der Waals surface area contributed by atoms with Crippen LogP contribution < -0.4 is 16.4 Å². The number of carbonyl (C=O) groups is 2. The van der Waals surface area contributed by atoms with E-state index in [0.29, 0.717) is 6.04 Å². The monoisotopic (exact) mass is 313 g/mol. The van der Waals surface area contributed by atoms with E-state index < -0.39 is 11.9 Å². The van der Waals surface area contributed by atoms with Crippen LogP contribution in [0.4, 0.5) is 0 Å². The van der Waals surface area contributed by atoms with Crippen LogP contribution >= 0.6 is 0 Å². The lowest BCUT2D eigenvalue weighted by atomic mass is 9.97. The lowest BCUT2D eigenvalue weighted by Crippen LogP contribution is -2.54. The molecule has 5 nitrogen and oxygen atoms in total. The summed E-state index contributed by atoms with van der Waals surface area (Å²) < 4.78 is 0. The van der Waals surface area contributed by atoms with Crippen molar-refractivity contribution in [2.24, 2.45) is 11.7 Å². The Morgan fingerprint density at radius 3 is 1.86 bits per heavy atom. The summed E-state index contributed by atoms with van der Waals surface area (Å²) in [7, 11) is 0. The van der Waals surface area contributed by atoms with Crippen molar-refractivity contribution >= 4 is 11.8 Å². The first kappa shape index (κ1) is 20.9. The zero-order valence-electron chi connectivity index (χ0n) is 14.9. The van der Waals surface area contributed by atoms with Crippen LogP contribution in [0.2, 0.25) is 0 Å². The number of unbranched alkanes of at least 4 members (excludes halogenated alkanes) is 2. The predicted molar refractivity (Wildman–Crippen MR) is 91.4 cm³/mol. The van der Waals surface area contributed by atoms with E-state index in [9.17, 15) is 9.59 Å². The van der Waals surface area contributed by atoms with Crippen LogP contribution in [0.15, 0.2) is 0 Å². The van der Waals surface area contributed by atoms with Crippen LogP contribution in [0.25, 0.3) is 0 Å². The van der Waals surface area contributed by atoms with E-state index >= 15 is 0 Å². The summed E-state index contributed by atoms with van der Waals surface area (Å²) in [6.07, 6.45) is 6.79. The van der Waals surface area contributed by atoms with Gasteiger partial charge in [-0.1, -0.05) is 53.4 Å². The standard InChI is InChI=1S/C17H35N3O2/c1-6-8-10-14(11-9-7-2)20-15(12(3)4)17(22)19-13(5)16(18)21/h12-15,20H,6-11H2,1-5H3,(H2,18,21)(H,19,22)/t13-,15?/m0/s1. The molecule has 0 aliphatic heterocycles. The highest BCUT2D eigenvalue weighted by atomic mass is 16.2. The number of amides is 2. The number of hydrogen-bond donors (Lipinski definition) is 3. The zero-order chi connectivity index (χ0) is 17.1. The van der Waals surface area contributed by atoms with Crippen LogP contribution in [0.1, 0.15) is 73.1 Å². The quantitative estimate of drug-likeness (QED) is 0.517. The van der Waals surface area contributed by atoms with Crippen LogP contribution in [0.5, 0.6) is 0 Å².